The zero-order valence-electron chi connectivity index (χ0n) is 9.98. The van der Waals surface area contributed by atoms with Gasteiger partial charge in [-0.15, -0.1) is 11.3 Å². The number of aromatic nitrogens is 2. The van der Waals surface area contributed by atoms with Gasteiger partial charge in [-0.1, -0.05) is 11.6 Å². The maximum atomic E-state index is 5.92. The molecule has 0 saturated carbocycles. The van der Waals surface area contributed by atoms with Crippen molar-refractivity contribution in [2.45, 2.75) is 19.4 Å². The van der Waals surface area contributed by atoms with Gasteiger partial charge in [-0.25, -0.2) is 4.98 Å². The fourth-order valence-electron chi connectivity index (χ4n) is 1.71. The van der Waals surface area contributed by atoms with Crippen molar-refractivity contribution in [3.8, 4) is 0 Å². The molecular weight excluding hydrogens is 254 g/mol. The minimum Gasteiger partial charge on any atom is -0.338 e. The van der Waals surface area contributed by atoms with Crippen LogP contribution < -0.4 is 5.32 Å². The van der Waals surface area contributed by atoms with Gasteiger partial charge >= 0.3 is 0 Å². The van der Waals surface area contributed by atoms with Crippen molar-refractivity contribution in [3.63, 3.8) is 0 Å². The predicted octanol–water partition coefficient (Wildman–Crippen LogP) is 3.03. The largest absolute Gasteiger partial charge is 0.338 e. The monoisotopic (exact) mass is 269 g/mol. The highest BCUT2D eigenvalue weighted by Gasteiger charge is 2.07. The average molecular weight is 270 g/mol. The SMILES string of the molecule is CC(NCCc1nccn1C)c1csc(Cl)c1. The second-order valence-electron chi connectivity index (χ2n) is 4.06. The predicted molar refractivity (Wildman–Crippen MR) is 72.7 cm³/mol. The molecule has 2 rings (SSSR count). The molecule has 1 unspecified atom stereocenters. The van der Waals surface area contributed by atoms with Crippen molar-refractivity contribution >= 4 is 22.9 Å². The zero-order chi connectivity index (χ0) is 12.3. The molecule has 0 aliphatic carbocycles. The number of thiophene rings is 1. The van der Waals surface area contributed by atoms with E-state index in [1.807, 2.05) is 30.1 Å². The molecule has 0 saturated heterocycles. The molecule has 1 N–H and O–H groups in total. The molecule has 3 nitrogen and oxygen atoms in total. The standard InChI is InChI=1S/C12H16ClN3S/c1-9(10-7-11(13)17-8-10)14-4-3-12-15-5-6-16(12)2/h5-9,14H,3-4H2,1-2H3. The van der Waals surface area contributed by atoms with Crippen molar-refractivity contribution in [1.82, 2.24) is 14.9 Å². The highest BCUT2D eigenvalue weighted by molar-refractivity contribution is 7.14. The minimum atomic E-state index is 0.332. The summed E-state index contributed by atoms with van der Waals surface area (Å²) in [4.78, 5) is 4.29. The zero-order valence-corrected chi connectivity index (χ0v) is 11.6. The second-order valence-corrected chi connectivity index (χ2v) is 5.61. The Kier molecular flexibility index (Phi) is 4.20. The molecule has 2 aromatic heterocycles. The lowest BCUT2D eigenvalue weighted by atomic mass is 10.2. The van der Waals surface area contributed by atoms with Gasteiger partial charge in [-0.3, -0.25) is 0 Å². The van der Waals surface area contributed by atoms with Crippen molar-refractivity contribution in [1.29, 1.82) is 0 Å². The third-order valence-electron chi connectivity index (χ3n) is 2.81. The van der Waals surface area contributed by atoms with Gasteiger partial charge in [0.1, 0.15) is 5.82 Å². The maximum Gasteiger partial charge on any atom is 0.109 e. The van der Waals surface area contributed by atoms with E-state index in [2.05, 4.69) is 22.6 Å². The van der Waals surface area contributed by atoms with Gasteiger partial charge < -0.3 is 9.88 Å². The summed E-state index contributed by atoms with van der Waals surface area (Å²) >= 11 is 7.49. The van der Waals surface area contributed by atoms with E-state index in [1.165, 1.54) is 5.56 Å². The molecule has 2 aromatic rings. The summed E-state index contributed by atoms with van der Waals surface area (Å²) in [6.45, 7) is 3.07. The van der Waals surface area contributed by atoms with Gasteiger partial charge in [0.15, 0.2) is 0 Å². The molecular formula is C12H16ClN3S. The lowest BCUT2D eigenvalue weighted by Gasteiger charge is -2.12. The summed E-state index contributed by atoms with van der Waals surface area (Å²) in [6, 6.07) is 2.35. The third kappa shape index (κ3) is 3.31. The van der Waals surface area contributed by atoms with Gasteiger partial charge in [-0.05, 0) is 23.9 Å². The highest BCUT2D eigenvalue weighted by Crippen LogP contribution is 2.24. The Balaban J connectivity index is 1.81. The lowest BCUT2D eigenvalue weighted by Crippen LogP contribution is -2.21. The van der Waals surface area contributed by atoms with Crippen LogP contribution in [0, 0.1) is 0 Å². The van der Waals surface area contributed by atoms with E-state index in [-0.39, 0.29) is 0 Å². The number of nitrogens with one attached hydrogen (secondary N) is 1. The Hall–Kier alpha value is -0.840. The van der Waals surface area contributed by atoms with Crippen LogP contribution in [0.25, 0.3) is 0 Å². The van der Waals surface area contributed by atoms with E-state index in [9.17, 15) is 0 Å². The highest BCUT2D eigenvalue weighted by atomic mass is 35.5. The van der Waals surface area contributed by atoms with Crippen LogP contribution in [0.4, 0.5) is 0 Å². The van der Waals surface area contributed by atoms with Crippen molar-refractivity contribution in [2.75, 3.05) is 6.54 Å². The number of aryl methyl sites for hydroxylation is 1. The second kappa shape index (κ2) is 5.67. The molecule has 0 aliphatic heterocycles. The summed E-state index contributed by atoms with van der Waals surface area (Å²) in [5, 5.41) is 5.57. The quantitative estimate of drug-likeness (QED) is 0.904. The maximum absolute atomic E-state index is 5.92. The van der Waals surface area contributed by atoms with Crippen LogP contribution in [-0.4, -0.2) is 16.1 Å². The van der Waals surface area contributed by atoms with E-state index in [0.29, 0.717) is 6.04 Å². The molecule has 0 radical (unpaired) electrons. The van der Waals surface area contributed by atoms with Crippen molar-refractivity contribution in [2.24, 2.45) is 7.05 Å². The fourth-order valence-corrected chi connectivity index (χ4v) is 2.69. The first-order valence-corrected chi connectivity index (χ1v) is 6.86. The molecule has 0 aromatic carbocycles. The van der Waals surface area contributed by atoms with Crippen LogP contribution >= 0.6 is 22.9 Å². The Morgan fingerprint density at radius 2 is 2.41 bits per heavy atom. The van der Waals surface area contributed by atoms with Crippen LogP contribution in [0.2, 0.25) is 4.34 Å². The van der Waals surface area contributed by atoms with E-state index in [1.54, 1.807) is 11.3 Å². The first-order valence-electron chi connectivity index (χ1n) is 5.60. The molecule has 17 heavy (non-hydrogen) atoms. The smallest absolute Gasteiger partial charge is 0.109 e. The molecule has 0 spiro atoms. The molecule has 2 heterocycles. The van der Waals surface area contributed by atoms with Crippen molar-refractivity contribution < 1.29 is 0 Å². The van der Waals surface area contributed by atoms with E-state index in [4.69, 9.17) is 11.6 Å². The number of hydrogen-bond acceptors (Lipinski definition) is 3. The van der Waals surface area contributed by atoms with Crippen LogP contribution in [0.1, 0.15) is 24.4 Å². The number of rotatable bonds is 5. The van der Waals surface area contributed by atoms with Gasteiger partial charge in [0.05, 0.1) is 4.34 Å². The van der Waals surface area contributed by atoms with Crippen LogP contribution in [0.3, 0.4) is 0 Å². The summed E-state index contributed by atoms with van der Waals surface area (Å²) in [5.74, 6) is 1.10. The molecule has 92 valence electrons. The Labute approximate surface area is 110 Å². The van der Waals surface area contributed by atoms with Gasteiger partial charge in [0, 0.05) is 38.4 Å². The molecule has 0 bridgehead atoms. The van der Waals surface area contributed by atoms with Crippen LogP contribution in [-0.2, 0) is 13.5 Å². The molecule has 0 aliphatic rings. The fraction of sp³-hybridized carbons (Fsp3) is 0.417. The Bertz CT molecular complexity index is 478. The Morgan fingerprint density at radius 3 is 3.00 bits per heavy atom. The normalized spacial score (nSPS) is 12.9. The van der Waals surface area contributed by atoms with E-state index >= 15 is 0 Å². The number of hydrogen-bond donors (Lipinski definition) is 1. The van der Waals surface area contributed by atoms with Gasteiger partial charge in [0.25, 0.3) is 0 Å². The number of imidazole rings is 1. The third-order valence-corrected chi connectivity index (χ3v) is 3.92. The summed E-state index contributed by atoms with van der Waals surface area (Å²) in [7, 11) is 2.02. The van der Waals surface area contributed by atoms with E-state index in [0.717, 1.165) is 23.1 Å². The average Bonchev–Trinajstić information content (AvgIpc) is 2.88. The van der Waals surface area contributed by atoms with Gasteiger partial charge in [-0.2, -0.15) is 0 Å². The molecule has 5 heteroatoms. The minimum absolute atomic E-state index is 0.332. The van der Waals surface area contributed by atoms with Crippen LogP contribution in [0.5, 0.6) is 0 Å². The van der Waals surface area contributed by atoms with Crippen LogP contribution in [0.15, 0.2) is 23.8 Å². The van der Waals surface area contributed by atoms with Gasteiger partial charge in [0.2, 0.25) is 0 Å². The molecule has 1 atom stereocenters. The Morgan fingerprint density at radius 1 is 1.59 bits per heavy atom. The first kappa shape index (κ1) is 12.6. The lowest BCUT2D eigenvalue weighted by molar-refractivity contribution is 0.566. The number of halogens is 1. The summed E-state index contributed by atoms with van der Waals surface area (Å²) in [5.41, 5.74) is 1.25. The topological polar surface area (TPSA) is 29.9 Å². The van der Waals surface area contributed by atoms with E-state index < -0.39 is 0 Å². The summed E-state index contributed by atoms with van der Waals surface area (Å²) < 4.78 is 2.89. The first-order chi connectivity index (χ1) is 8.16. The number of nitrogens with zero attached hydrogens (tertiary/aromatic N) is 2. The molecule has 0 amide bonds. The summed E-state index contributed by atoms with van der Waals surface area (Å²) in [6.07, 6.45) is 4.74. The van der Waals surface area contributed by atoms with Crippen molar-refractivity contribution in [3.05, 3.63) is 39.6 Å². The molecule has 0 fully saturated rings.